The van der Waals surface area contributed by atoms with E-state index in [0.717, 1.165) is 5.56 Å². The monoisotopic (exact) mass is 566 g/mol. The van der Waals surface area contributed by atoms with Gasteiger partial charge in [-0.25, -0.2) is 5.43 Å². The average molecular weight is 567 g/mol. The Labute approximate surface area is 243 Å². The normalized spacial score (nSPS) is 10.5. The van der Waals surface area contributed by atoms with Crippen LogP contribution < -0.4 is 30.3 Å². The van der Waals surface area contributed by atoms with Crippen molar-refractivity contribution >= 4 is 35.3 Å². The van der Waals surface area contributed by atoms with Crippen LogP contribution in [0.3, 0.4) is 0 Å². The third kappa shape index (κ3) is 8.18. The van der Waals surface area contributed by atoms with Gasteiger partial charge in [0.15, 0.2) is 11.5 Å². The molecule has 0 bridgehead atoms. The van der Waals surface area contributed by atoms with Crippen LogP contribution in [0.2, 0.25) is 0 Å². The lowest BCUT2D eigenvalue weighted by molar-refractivity contribution is -0.136. The first-order chi connectivity index (χ1) is 20.5. The van der Waals surface area contributed by atoms with E-state index in [2.05, 4.69) is 21.2 Å². The number of hydrazone groups is 1. The van der Waals surface area contributed by atoms with Crippen molar-refractivity contribution in [1.82, 2.24) is 5.43 Å². The molecule has 0 aliphatic rings. The third-order valence-electron chi connectivity index (χ3n) is 5.85. The fourth-order valence-electron chi connectivity index (χ4n) is 3.80. The number of hydrogen-bond donors (Lipinski definition) is 3. The highest BCUT2D eigenvalue weighted by Crippen LogP contribution is 2.28. The summed E-state index contributed by atoms with van der Waals surface area (Å²) in [4.78, 5) is 37.8. The van der Waals surface area contributed by atoms with Gasteiger partial charge >= 0.3 is 11.8 Å². The molecule has 0 aliphatic carbocycles. The quantitative estimate of drug-likeness (QED) is 0.133. The molecule has 42 heavy (non-hydrogen) atoms. The van der Waals surface area contributed by atoms with Crippen LogP contribution in [-0.4, -0.2) is 37.7 Å². The molecule has 3 amide bonds. The van der Waals surface area contributed by atoms with Crippen LogP contribution in [-0.2, 0) is 16.2 Å². The van der Waals surface area contributed by atoms with Gasteiger partial charge in [0, 0.05) is 5.69 Å². The van der Waals surface area contributed by atoms with Crippen molar-refractivity contribution in [1.29, 1.82) is 0 Å². The Hall–Kier alpha value is -5.64. The summed E-state index contributed by atoms with van der Waals surface area (Å²) in [5.41, 5.74) is 4.70. The van der Waals surface area contributed by atoms with E-state index in [9.17, 15) is 14.4 Å². The first kappa shape index (κ1) is 29.3. The number of nitrogens with one attached hydrogen (secondary N) is 3. The van der Waals surface area contributed by atoms with E-state index >= 15 is 0 Å². The minimum atomic E-state index is -1.01. The lowest BCUT2D eigenvalue weighted by Gasteiger charge is -2.12. The fraction of sp³-hybridized carbons (Fsp3) is 0.125. The molecule has 0 aromatic heterocycles. The maximum atomic E-state index is 12.9. The largest absolute Gasteiger partial charge is 0.494 e. The lowest BCUT2D eigenvalue weighted by atomic mass is 10.1. The smallest absolute Gasteiger partial charge is 0.329 e. The lowest BCUT2D eigenvalue weighted by Crippen LogP contribution is -2.33. The Balaban J connectivity index is 1.33. The Bertz CT molecular complexity index is 1560. The highest BCUT2D eigenvalue weighted by molar-refractivity contribution is 6.40. The van der Waals surface area contributed by atoms with Gasteiger partial charge in [-0.05, 0) is 72.6 Å². The Kier molecular flexibility index (Phi) is 10.2. The summed E-state index contributed by atoms with van der Waals surface area (Å²) in [7, 11) is 1.52. The first-order valence-electron chi connectivity index (χ1n) is 13.1. The Morgan fingerprint density at radius 2 is 1.52 bits per heavy atom. The molecule has 0 radical (unpaired) electrons. The van der Waals surface area contributed by atoms with Gasteiger partial charge in [-0.15, -0.1) is 0 Å². The molecule has 0 saturated heterocycles. The highest BCUT2D eigenvalue weighted by Gasteiger charge is 2.18. The summed E-state index contributed by atoms with van der Waals surface area (Å²) in [6.07, 6.45) is 1.37. The van der Waals surface area contributed by atoms with Crippen LogP contribution in [0, 0.1) is 0 Å². The van der Waals surface area contributed by atoms with E-state index in [0.29, 0.717) is 41.7 Å². The zero-order chi connectivity index (χ0) is 29.7. The minimum Gasteiger partial charge on any atom is -0.494 e. The second-order valence-corrected chi connectivity index (χ2v) is 8.79. The SMILES string of the molecule is CCOc1ccc(NC(=O)c2ccccc2NC(=O)C(=O)NN=Cc2ccc(OCc3ccccc3)c(OC)c2)cc1. The second-order valence-electron chi connectivity index (χ2n) is 8.79. The van der Waals surface area contributed by atoms with Crippen molar-refractivity contribution in [2.45, 2.75) is 13.5 Å². The maximum absolute atomic E-state index is 12.9. The van der Waals surface area contributed by atoms with Gasteiger partial charge in [-0.3, -0.25) is 14.4 Å². The highest BCUT2D eigenvalue weighted by atomic mass is 16.5. The van der Waals surface area contributed by atoms with E-state index in [4.69, 9.17) is 14.2 Å². The predicted molar refractivity (Wildman–Crippen MR) is 160 cm³/mol. The average Bonchev–Trinajstić information content (AvgIpc) is 3.02. The molecule has 10 nitrogen and oxygen atoms in total. The number of carbonyl (C=O) groups excluding carboxylic acids is 3. The van der Waals surface area contributed by atoms with E-state index in [-0.39, 0.29) is 11.3 Å². The topological polar surface area (TPSA) is 127 Å². The molecule has 4 aromatic carbocycles. The van der Waals surface area contributed by atoms with Gasteiger partial charge in [0.25, 0.3) is 5.91 Å². The molecule has 3 N–H and O–H groups in total. The van der Waals surface area contributed by atoms with Crippen LogP contribution in [0.4, 0.5) is 11.4 Å². The summed E-state index contributed by atoms with van der Waals surface area (Å²) < 4.78 is 16.7. The van der Waals surface area contributed by atoms with Gasteiger partial charge < -0.3 is 24.8 Å². The number of anilines is 2. The number of methoxy groups -OCH3 is 1. The molecule has 10 heteroatoms. The third-order valence-corrected chi connectivity index (χ3v) is 5.85. The zero-order valence-electron chi connectivity index (χ0n) is 23.1. The van der Waals surface area contributed by atoms with Gasteiger partial charge in [0.2, 0.25) is 0 Å². The summed E-state index contributed by atoms with van der Waals surface area (Å²) in [5, 5.41) is 9.09. The van der Waals surface area contributed by atoms with Crippen LogP contribution in [0.25, 0.3) is 0 Å². The number of rotatable bonds is 11. The molecule has 0 spiro atoms. The standard InChI is InChI=1S/C32H30N4O6/c1-3-41-25-16-14-24(15-17-25)34-30(37)26-11-7-8-12-27(26)35-31(38)32(39)36-33-20-23-13-18-28(29(19-23)40-2)42-21-22-9-5-4-6-10-22/h4-20H,3,21H2,1-2H3,(H,34,37)(H,35,38)(H,36,39). The summed E-state index contributed by atoms with van der Waals surface area (Å²) in [6.45, 7) is 2.79. The van der Waals surface area contributed by atoms with Crippen molar-refractivity contribution in [3.63, 3.8) is 0 Å². The van der Waals surface area contributed by atoms with Crippen LogP contribution >= 0.6 is 0 Å². The van der Waals surface area contributed by atoms with E-state index < -0.39 is 17.7 Å². The van der Waals surface area contributed by atoms with E-state index in [1.807, 2.05) is 37.3 Å². The second kappa shape index (κ2) is 14.7. The van der Waals surface area contributed by atoms with Gasteiger partial charge in [0.05, 0.1) is 31.2 Å². The van der Waals surface area contributed by atoms with Gasteiger partial charge in [0.1, 0.15) is 12.4 Å². The van der Waals surface area contributed by atoms with Crippen molar-refractivity contribution in [2.24, 2.45) is 5.10 Å². The van der Waals surface area contributed by atoms with Crippen LogP contribution in [0.1, 0.15) is 28.4 Å². The van der Waals surface area contributed by atoms with E-state index in [1.54, 1.807) is 54.6 Å². The number of amides is 3. The number of para-hydroxylation sites is 1. The van der Waals surface area contributed by atoms with Gasteiger partial charge in [-0.1, -0.05) is 42.5 Å². The molecule has 214 valence electrons. The predicted octanol–water partition coefficient (Wildman–Crippen LogP) is 5.01. The fourth-order valence-corrected chi connectivity index (χ4v) is 3.80. The zero-order valence-corrected chi connectivity index (χ0v) is 23.1. The van der Waals surface area contributed by atoms with Crippen molar-refractivity contribution in [2.75, 3.05) is 24.4 Å². The molecule has 0 unspecified atom stereocenters. The Morgan fingerprint density at radius 3 is 2.26 bits per heavy atom. The first-order valence-corrected chi connectivity index (χ1v) is 13.1. The number of hydrogen-bond acceptors (Lipinski definition) is 7. The number of carbonyl (C=O) groups is 3. The van der Waals surface area contributed by atoms with Crippen molar-refractivity contribution in [3.8, 4) is 17.2 Å². The number of ether oxygens (including phenoxy) is 3. The van der Waals surface area contributed by atoms with E-state index in [1.165, 1.54) is 25.5 Å². The minimum absolute atomic E-state index is 0.167. The molecule has 0 aliphatic heterocycles. The molecule has 0 saturated carbocycles. The van der Waals surface area contributed by atoms with Crippen molar-refractivity contribution < 1.29 is 28.6 Å². The molecule has 4 aromatic rings. The Morgan fingerprint density at radius 1 is 0.786 bits per heavy atom. The molecule has 0 atom stereocenters. The summed E-state index contributed by atoms with van der Waals surface area (Å²) >= 11 is 0. The molecule has 4 rings (SSSR count). The summed E-state index contributed by atoms with van der Waals surface area (Å²) in [6, 6.07) is 28.1. The number of benzene rings is 4. The molecule has 0 fully saturated rings. The van der Waals surface area contributed by atoms with Gasteiger partial charge in [-0.2, -0.15) is 5.10 Å². The number of nitrogens with zero attached hydrogens (tertiary/aromatic N) is 1. The van der Waals surface area contributed by atoms with Crippen LogP contribution in [0.5, 0.6) is 17.2 Å². The maximum Gasteiger partial charge on any atom is 0.329 e. The molecular weight excluding hydrogens is 536 g/mol. The molecular formula is C32H30N4O6. The molecule has 0 heterocycles. The summed E-state index contributed by atoms with van der Waals surface area (Å²) in [5.74, 6) is -0.746. The van der Waals surface area contributed by atoms with Crippen LogP contribution in [0.15, 0.2) is 102 Å². The van der Waals surface area contributed by atoms with Crippen molar-refractivity contribution in [3.05, 3.63) is 114 Å².